The molecule has 0 saturated carbocycles. The Morgan fingerprint density at radius 1 is 1.04 bits per heavy atom. The van der Waals surface area contributed by atoms with E-state index in [9.17, 15) is 14.7 Å². The number of carbonyl (C=O) groups excluding carboxylic acids is 1. The molecule has 3 rings (SSSR count). The van der Waals surface area contributed by atoms with Gasteiger partial charge in [0, 0.05) is 12.0 Å². The summed E-state index contributed by atoms with van der Waals surface area (Å²) >= 11 is 0. The lowest BCUT2D eigenvalue weighted by molar-refractivity contribution is -0.139. The van der Waals surface area contributed by atoms with E-state index in [4.69, 9.17) is 4.42 Å². The summed E-state index contributed by atoms with van der Waals surface area (Å²) in [6, 6.07) is 19.3. The highest BCUT2D eigenvalue weighted by atomic mass is 16.4. The van der Waals surface area contributed by atoms with Crippen LogP contribution >= 0.6 is 0 Å². The van der Waals surface area contributed by atoms with E-state index in [-0.39, 0.29) is 6.42 Å². The Hall–Kier alpha value is -3.34. The van der Waals surface area contributed by atoms with Crippen molar-refractivity contribution in [3.05, 3.63) is 83.6 Å². The Bertz CT molecular complexity index is 900. The maximum Gasteiger partial charge on any atom is 0.326 e. The maximum absolute atomic E-state index is 12.6. The first-order chi connectivity index (χ1) is 12.5. The predicted molar refractivity (Wildman–Crippen MR) is 97.9 cm³/mol. The quantitative estimate of drug-likeness (QED) is 0.711. The zero-order chi connectivity index (χ0) is 18.5. The van der Waals surface area contributed by atoms with E-state index >= 15 is 0 Å². The first kappa shape index (κ1) is 17.5. The molecule has 1 atom stereocenters. The topological polar surface area (TPSA) is 79.5 Å². The molecular formula is C21H19NO4. The standard InChI is InChI=1S/C21H19NO4/c1-14-17(13-19(26-14)16-10-6-3-7-11-16)20(23)22-18(21(24)25)12-15-8-4-2-5-9-15/h2-11,13,18H,12H2,1H3,(H,22,23)(H,24,25). The number of carboxylic acids is 1. The molecule has 0 saturated heterocycles. The van der Waals surface area contributed by atoms with Gasteiger partial charge in [-0.2, -0.15) is 0 Å². The van der Waals surface area contributed by atoms with Gasteiger partial charge < -0.3 is 14.8 Å². The van der Waals surface area contributed by atoms with Crippen molar-refractivity contribution in [2.75, 3.05) is 0 Å². The fourth-order valence-electron chi connectivity index (χ4n) is 2.74. The summed E-state index contributed by atoms with van der Waals surface area (Å²) in [5, 5.41) is 12.0. The molecule has 0 spiro atoms. The van der Waals surface area contributed by atoms with Crippen molar-refractivity contribution >= 4 is 11.9 Å². The minimum atomic E-state index is -1.08. The van der Waals surface area contributed by atoms with Crippen LogP contribution in [0.4, 0.5) is 0 Å². The number of carbonyl (C=O) groups is 2. The molecule has 5 nitrogen and oxygen atoms in total. The third-order valence-electron chi connectivity index (χ3n) is 4.11. The van der Waals surface area contributed by atoms with Gasteiger partial charge in [0.1, 0.15) is 17.6 Å². The number of benzene rings is 2. The van der Waals surface area contributed by atoms with Crippen LogP contribution < -0.4 is 5.32 Å². The summed E-state index contributed by atoms with van der Waals surface area (Å²) in [6.45, 7) is 1.69. The Balaban J connectivity index is 1.78. The van der Waals surface area contributed by atoms with Crippen molar-refractivity contribution in [1.29, 1.82) is 0 Å². The molecule has 2 aromatic carbocycles. The second-order valence-electron chi connectivity index (χ2n) is 6.00. The summed E-state index contributed by atoms with van der Waals surface area (Å²) in [6.07, 6.45) is 0.213. The number of hydrogen-bond acceptors (Lipinski definition) is 3. The smallest absolute Gasteiger partial charge is 0.326 e. The van der Waals surface area contributed by atoms with E-state index < -0.39 is 17.9 Å². The molecule has 1 aromatic heterocycles. The molecular weight excluding hydrogens is 330 g/mol. The first-order valence-corrected chi connectivity index (χ1v) is 8.28. The molecule has 26 heavy (non-hydrogen) atoms. The average Bonchev–Trinajstić information content (AvgIpc) is 3.04. The molecule has 0 radical (unpaired) electrons. The summed E-state index contributed by atoms with van der Waals surface area (Å²) in [5.74, 6) is -0.517. The lowest BCUT2D eigenvalue weighted by Crippen LogP contribution is -2.42. The summed E-state index contributed by atoms with van der Waals surface area (Å²) in [7, 11) is 0. The SMILES string of the molecule is Cc1oc(-c2ccccc2)cc1C(=O)NC(Cc1ccccc1)C(=O)O. The van der Waals surface area contributed by atoms with Crippen LogP contribution in [0.3, 0.4) is 0 Å². The van der Waals surface area contributed by atoms with E-state index in [0.29, 0.717) is 17.1 Å². The fourth-order valence-corrected chi connectivity index (χ4v) is 2.74. The fraction of sp³-hybridized carbons (Fsp3) is 0.143. The third kappa shape index (κ3) is 4.00. The molecule has 5 heteroatoms. The van der Waals surface area contributed by atoms with Crippen molar-refractivity contribution in [3.8, 4) is 11.3 Å². The van der Waals surface area contributed by atoms with Crippen molar-refractivity contribution in [2.45, 2.75) is 19.4 Å². The number of carboxylic acid groups (broad SMARTS) is 1. The van der Waals surface area contributed by atoms with Crippen LogP contribution in [-0.4, -0.2) is 23.0 Å². The molecule has 0 aliphatic rings. The number of rotatable bonds is 6. The number of hydrogen-bond donors (Lipinski definition) is 2. The van der Waals surface area contributed by atoms with Gasteiger partial charge >= 0.3 is 5.97 Å². The van der Waals surface area contributed by atoms with Crippen LogP contribution in [0.25, 0.3) is 11.3 Å². The first-order valence-electron chi connectivity index (χ1n) is 8.28. The van der Waals surface area contributed by atoms with Gasteiger partial charge in [0.15, 0.2) is 0 Å². The van der Waals surface area contributed by atoms with Crippen molar-refractivity contribution < 1.29 is 19.1 Å². The minimum Gasteiger partial charge on any atom is -0.480 e. The van der Waals surface area contributed by atoms with E-state index in [1.807, 2.05) is 60.7 Å². The van der Waals surface area contributed by atoms with Gasteiger partial charge in [-0.15, -0.1) is 0 Å². The second-order valence-corrected chi connectivity index (χ2v) is 6.00. The molecule has 0 bridgehead atoms. The molecule has 3 aromatic rings. The monoisotopic (exact) mass is 349 g/mol. The van der Waals surface area contributed by atoms with Gasteiger partial charge in [0.2, 0.25) is 0 Å². The van der Waals surface area contributed by atoms with Gasteiger partial charge in [-0.1, -0.05) is 60.7 Å². The zero-order valence-corrected chi connectivity index (χ0v) is 14.3. The zero-order valence-electron chi connectivity index (χ0n) is 14.3. The van der Waals surface area contributed by atoms with Crippen molar-refractivity contribution in [2.24, 2.45) is 0 Å². The summed E-state index contributed by atoms with van der Waals surface area (Å²) < 4.78 is 5.67. The third-order valence-corrected chi connectivity index (χ3v) is 4.11. The van der Waals surface area contributed by atoms with Crippen LogP contribution in [0.5, 0.6) is 0 Å². The van der Waals surface area contributed by atoms with E-state index in [1.165, 1.54) is 0 Å². The van der Waals surface area contributed by atoms with Gasteiger partial charge in [0.05, 0.1) is 5.56 Å². The lowest BCUT2D eigenvalue weighted by atomic mass is 10.1. The van der Waals surface area contributed by atoms with E-state index in [0.717, 1.165) is 11.1 Å². The molecule has 1 heterocycles. The van der Waals surface area contributed by atoms with Crippen LogP contribution in [0.2, 0.25) is 0 Å². The predicted octanol–water partition coefficient (Wildman–Crippen LogP) is 3.68. The molecule has 1 amide bonds. The molecule has 0 aliphatic carbocycles. The van der Waals surface area contributed by atoms with Gasteiger partial charge in [-0.3, -0.25) is 4.79 Å². The number of furan rings is 1. The van der Waals surface area contributed by atoms with Crippen LogP contribution in [0.1, 0.15) is 21.7 Å². The maximum atomic E-state index is 12.6. The number of amides is 1. The van der Waals surface area contributed by atoms with Crippen LogP contribution in [0, 0.1) is 6.92 Å². The van der Waals surface area contributed by atoms with E-state index in [2.05, 4.69) is 5.32 Å². The molecule has 132 valence electrons. The van der Waals surface area contributed by atoms with Gasteiger partial charge in [-0.05, 0) is 18.6 Å². The average molecular weight is 349 g/mol. The normalized spacial score (nSPS) is 11.7. The largest absolute Gasteiger partial charge is 0.480 e. The van der Waals surface area contributed by atoms with Crippen molar-refractivity contribution in [1.82, 2.24) is 5.32 Å². The highest BCUT2D eigenvalue weighted by Gasteiger charge is 2.23. The van der Waals surface area contributed by atoms with Gasteiger partial charge in [-0.25, -0.2) is 4.79 Å². The Morgan fingerprint density at radius 2 is 1.65 bits per heavy atom. The summed E-state index contributed by atoms with van der Waals surface area (Å²) in [5.41, 5.74) is 2.03. The number of nitrogens with one attached hydrogen (secondary N) is 1. The van der Waals surface area contributed by atoms with Gasteiger partial charge in [0.25, 0.3) is 5.91 Å². The minimum absolute atomic E-state index is 0.213. The lowest BCUT2D eigenvalue weighted by Gasteiger charge is -2.14. The van der Waals surface area contributed by atoms with Crippen molar-refractivity contribution in [3.63, 3.8) is 0 Å². The molecule has 0 fully saturated rings. The number of aliphatic carboxylic acids is 1. The van der Waals surface area contributed by atoms with Crippen LogP contribution in [0.15, 0.2) is 71.1 Å². The molecule has 1 unspecified atom stereocenters. The van der Waals surface area contributed by atoms with Crippen LogP contribution in [-0.2, 0) is 11.2 Å². The Kier molecular flexibility index (Phi) is 5.17. The Labute approximate surface area is 151 Å². The van der Waals surface area contributed by atoms with E-state index in [1.54, 1.807) is 13.0 Å². The second kappa shape index (κ2) is 7.70. The highest BCUT2D eigenvalue weighted by Crippen LogP contribution is 2.25. The summed E-state index contributed by atoms with van der Waals surface area (Å²) in [4.78, 5) is 24.1. The highest BCUT2D eigenvalue weighted by molar-refractivity contribution is 5.98. The molecule has 0 aliphatic heterocycles. The molecule has 2 N–H and O–H groups in total. The Morgan fingerprint density at radius 3 is 2.27 bits per heavy atom. The number of aryl methyl sites for hydroxylation is 1.